The number of carbonyl (C=O) groups excluding carboxylic acids is 1. The van der Waals surface area contributed by atoms with Crippen LogP contribution in [0.2, 0.25) is 0 Å². The molecule has 2 rings (SSSR count). The Morgan fingerprint density at radius 3 is 2.82 bits per heavy atom. The van der Waals surface area contributed by atoms with Crippen molar-refractivity contribution in [3.8, 4) is 0 Å². The molecule has 0 bridgehead atoms. The first kappa shape index (κ1) is 11.9. The number of rotatable bonds is 3. The molecule has 1 aromatic carbocycles. The van der Waals surface area contributed by atoms with E-state index in [1.807, 2.05) is 43.1 Å². The summed E-state index contributed by atoms with van der Waals surface area (Å²) in [6.45, 7) is 4.79. The van der Waals surface area contributed by atoms with Crippen molar-refractivity contribution in [2.75, 3.05) is 18.2 Å². The average Bonchev–Trinajstić information content (AvgIpc) is 2.76. The number of anilines is 1. The first-order valence-corrected chi connectivity index (χ1v) is 5.81. The van der Waals surface area contributed by atoms with Gasteiger partial charge in [0.1, 0.15) is 0 Å². The second-order valence-corrected chi connectivity index (χ2v) is 5.03. The third-order valence-electron chi connectivity index (χ3n) is 3.16. The summed E-state index contributed by atoms with van der Waals surface area (Å²) in [7, 11) is 0. The van der Waals surface area contributed by atoms with E-state index >= 15 is 0 Å². The van der Waals surface area contributed by atoms with Crippen LogP contribution in [0.4, 0.5) is 5.69 Å². The zero-order valence-corrected chi connectivity index (χ0v) is 10.2. The predicted molar refractivity (Wildman–Crippen MR) is 66.7 cm³/mol. The molecular formula is C13H18N2O2. The van der Waals surface area contributed by atoms with E-state index in [0.717, 1.165) is 11.3 Å². The molecule has 0 spiro atoms. The number of carbonyl (C=O) groups is 1. The Balaban J connectivity index is 2.26. The second kappa shape index (κ2) is 4.37. The van der Waals surface area contributed by atoms with Gasteiger partial charge in [0.15, 0.2) is 0 Å². The molecule has 1 fully saturated rings. The van der Waals surface area contributed by atoms with Gasteiger partial charge in [0.05, 0.1) is 12.3 Å². The Labute approximate surface area is 101 Å². The smallest absolute Gasteiger partial charge is 0.240 e. The number of aliphatic hydroxyl groups is 1. The van der Waals surface area contributed by atoms with Crippen LogP contribution in [0.25, 0.3) is 0 Å². The lowest BCUT2D eigenvalue weighted by Crippen LogP contribution is -2.33. The average molecular weight is 234 g/mol. The normalized spacial score (nSPS) is 16.2. The van der Waals surface area contributed by atoms with Gasteiger partial charge in [-0.15, -0.1) is 0 Å². The predicted octanol–water partition coefficient (Wildman–Crippen LogP) is 1.20. The topological polar surface area (TPSA) is 52.6 Å². The van der Waals surface area contributed by atoms with Crippen LogP contribution in [0.5, 0.6) is 0 Å². The molecular weight excluding hydrogens is 216 g/mol. The molecule has 0 aliphatic carbocycles. The largest absolute Gasteiger partial charge is 0.395 e. The van der Waals surface area contributed by atoms with E-state index in [4.69, 9.17) is 0 Å². The molecule has 1 aliphatic heterocycles. The van der Waals surface area contributed by atoms with Gasteiger partial charge in [-0.05, 0) is 17.7 Å². The van der Waals surface area contributed by atoms with Crippen molar-refractivity contribution < 1.29 is 9.90 Å². The molecule has 1 amide bonds. The molecule has 2 N–H and O–H groups in total. The van der Waals surface area contributed by atoms with Crippen LogP contribution in [-0.4, -0.2) is 24.2 Å². The summed E-state index contributed by atoms with van der Waals surface area (Å²) in [6, 6.07) is 7.93. The molecule has 0 atom stereocenters. The minimum Gasteiger partial charge on any atom is -0.395 e. The highest BCUT2D eigenvalue weighted by Crippen LogP contribution is 2.26. The van der Waals surface area contributed by atoms with Crippen LogP contribution in [0.1, 0.15) is 25.8 Å². The number of hydrogen-bond donors (Lipinski definition) is 2. The second-order valence-electron chi connectivity index (χ2n) is 5.03. The molecule has 1 saturated heterocycles. The summed E-state index contributed by atoms with van der Waals surface area (Å²) in [4.78, 5) is 11.2. The lowest BCUT2D eigenvalue weighted by atomic mass is 9.85. The first-order valence-electron chi connectivity index (χ1n) is 5.81. The Hall–Kier alpha value is -1.55. The molecule has 17 heavy (non-hydrogen) atoms. The van der Waals surface area contributed by atoms with Crippen molar-refractivity contribution in [1.82, 2.24) is 5.43 Å². The van der Waals surface area contributed by atoms with E-state index in [9.17, 15) is 9.90 Å². The maximum atomic E-state index is 11.2. The van der Waals surface area contributed by atoms with Crippen LogP contribution in [0.15, 0.2) is 24.3 Å². The molecule has 0 radical (unpaired) electrons. The lowest BCUT2D eigenvalue weighted by molar-refractivity contribution is -0.119. The van der Waals surface area contributed by atoms with Gasteiger partial charge in [-0.1, -0.05) is 26.0 Å². The molecule has 0 unspecified atom stereocenters. The maximum absolute atomic E-state index is 11.2. The number of hydrogen-bond acceptors (Lipinski definition) is 3. The zero-order chi connectivity index (χ0) is 12.5. The standard InChI is InChI=1S/C13H18N2O2/c1-13(2,9-16)10-4-3-5-11(8-10)15-7-6-12(17)14-15/h3-5,8,16H,6-7,9H2,1-2H3,(H,14,17). The highest BCUT2D eigenvalue weighted by molar-refractivity contribution is 5.81. The minimum absolute atomic E-state index is 0.0526. The van der Waals surface area contributed by atoms with Gasteiger partial charge in [-0.3, -0.25) is 15.2 Å². The van der Waals surface area contributed by atoms with Crippen molar-refractivity contribution in [3.63, 3.8) is 0 Å². The summed E-state index contributed by atoms with van der Waals surface area (Å²) in [5, 5.41) is 11.2. The number of nitrogens with one attached hydrogen (secondary N) is 1. The van der Waals surface area contributed by atoms with Crippen LogP contribution in [-0.2, 0) is 10.2 Å². The fourth-order valence-corrected chi connectivity index (χ4v) is 1.86. The summed E-state index contributed by atoms with van der Waals surface area (Å²) < 4.78 is 0. The van der Waals surface area contributed by atoms with Gasteiger partial charge < -0.3 is 5.11 Å². The third kappa shape index (κ3) is 2.42. The molecule has 1 aromatic rings. The van der Waals surface area contributed by atoms with Crippen LogP contribution in [0.3, 0.4) is 0 Å². The van der Waals surface area contributed by atoms with Gasteiger partial charge in [0.2, 0.25) is 5.91 Å². The Morgan fingerprint density at radius 2 is 2.24 bits per heavy atom. The quantitative estimate of drug-likeness (QED) is 0.826. The van der Waals surface area contributed by atoms with Crippen LogP contribution in [0, 0.1) is 0 Å². The summed E-state index contributed by atoms with van der Waals surface area (Å²) >= 11 is 0. The molecule has 92 valence electrons. The van der Waals surface area contributed by atoms with E-state index in [2.05, 4.69) is 5.43 Å². The monoisotopic (exact) mass is 234 g/mol. The van der Waals surface area contributed by atoms with Crippen LogP contribution < -0.4 is 10.4 Å². The van der Waals surface area contributed by atoms with Crippen LogP contribution >= 0.6 is 0 Å². The van der Waals surface area contributed by atoms with Gasteiger partial charge in [-0.25, -0.2) is 0 Å². The van der Waals surface area contributed by atoms with E-state index in [1.54, 1.807) is 0 Å². The first-order chi connectivity index (χ1) is 8.03. The van der Waals surface area contributed by atoms with Crippen molar-refractivity contribution in [1.29, 1.82) is 0 Å². The maximum Gasteiger partial charge on any atom is 0.240 e. The number of benzene rings is 1. The number of hydrazine groups is 1. The van der Waals surface area contributed by atoms with Gasteiger partial charge in [0, 0.05) is 18.4 Å². The minimum atomic E-state index is -0.264. The van der Waals surface area contributed by atoms with E-state index in [-0.39, 0.29) is 17.9 Å². The fourth-order valence-electron chi connectivity index (χ4n) is 1.86. The fraction of sp³-hybridized carbons (Fsp3) is 0.462. The van der Waals surface area contributed by atoms with Crippen molar-refractivity contribution in [3.05, 3.63) is 29.8 Å². The number of aliphatic hydroxyl groups excluding tert-OH is 1. The molecule has 0 saturated carbocycles. The molecule has 4 nitrogen and oxygen atoms in total. The third-order valence-corrected chi connectivity index (χ3v) is 3.16. The highest BCUT2D eigenvalue weighted by atomic mass is 16.3. The Morgan fingerprint density at radius 1 is 1.47 bits per heavy atom. The van der Waals surface area contributed by atoms with Crippen molar-refractivity contribution in [2.45, 2.75) is 25.7 Å². The Kier molecular flexibility index (Phi) is 3.07. The van der Waals surface area contributed by atoms with Crippen molar-refractivity contribution >= 4 is 11.6 Å². The number of nitrogens with zero attached hydrogens (tertiary/aromatic N) is 1. The van der Waals surface area contributed by atoms with E-state index in [0.29, 0.717) is 13.0 Å². The Bertz CT molecular complexity index is 429. The lowest BCUT2D eigenvalue weighted by Gasteiger charge is -2.25. The summed E-state index contributed by atoms with van der Waals surface area (Å²) in [6.07, 6.45) is 0.535. The molecule has 1 heterocycles. The van der Waals surface area contributed by atoms with E-state index < -0.39 is 0 Å². The van der Waals surface area contributed by atoms with Gasteiger partial charge in [0.25, 0.3) is 0 Å². The number of amides is 1. The molecule has 0 aromatic heterocycles. The summed E-state index contributed by atoms with van der Waals surface area (Å²) in [5.41, 5.74) is 4.57. The highest BCUT2D eigenvalue weighted by Gasteiger charge is 2.22. The van der Waals surface area contributed by atoms with Gasteiger partial charge >= 0.3 is 0 Å². The SMILES string of the molecule is CC(C)(CO)c1cccc(N2CCC(=O)N2)c1. The van der Waals surface area contributed by atoms with Crippen molar-refractivity contribution in [2.24, 2.45) is 0 Å². The summed E-state index contributed by atoms with van der Waals surface area (Å²) in [5.74, 6) is 0.0526. The molecule has 1 aliphatic rings. The van der Waals surface area contributed by atoms with E-state index in [1.165, 1.54) is 0 Å². The molecule has 4 heteroatoms. The zero-order valence-electron chi connectivity index (χ0n) is 10.2. The van der Waals surface area contributed by atoms with Gasteiger partial charge in [-0.2, -0.15) is 0 Å².